The fraction of sp³-hybridized carbons (Fsp3) is 0.438. The summed E-state index contributed by atoms with van der Waals surface area (Å²) in [5, 5.41) is 15.8. The van der Waals surface area contributed by atoms with E-state index >= 15 is 0 Å². The Bertz CT molecular complexity index is 1350. The quantitative estimate of drug-likeness (QED) is 0.453. The van der Waals surface area contributed by atoms with Gasteiger partial charge in [-0.3, -0.25) is 9.59 Å². The van der Waals surface area contributed by atoms with E-state index in [4.69, 9.17) is 4.74 Å². The molecule has 1 heterocycles. The Balaban J connectivity index is 1.31. The molecule has 6 heteroatoms. The van der Waals surface area contributed by atoms with Gasteiger partial charge >= 0.3 is 5.97 Å². The number of phenolic OH excluding ortho intramolecular Hbond substituents is 1. The van der Waals surface area contributed by atoms with Gasteiger partial charge in [0.05, 0.1) is 0 Å². The SMILES string of the molecule is CC(=O)OC1C[C@@H](NC(=O)c2ccc3ccccc3c2)C[C@]2(c3cccc(O)c3)CCN(CC3CC3)C[C@@H]12. The molecular formula is C32H36N2O4. The summed E-state index contributed by atoms with van der Waals surface area (Å²) < 4.78 is 6.00. The largest absolute Gasteiger partial charge is 0.508 e. The average Bonchev–Trinajstić information content (AvgIpc) is 3.72. The number of phenols is 1. The highest BCUT2D eigenvalue weighted by atomic mass is 16.5. The Labute approximate surface area is 224 Å². The molecule has 6 rings (SSSR count). The number of carbonyl (C=O) groups is 2. The monoisotopic (exact) mass is 512 g/mol. The molecule has 2 aliphatic carbocycles. The van der Waals surface area contributed by atoms with Crippen LogP contribution in [-0.2, 0) is 14.9 Å². The van der Waals surface area contributed by atoms with Crippen LogP contribution in [0.4, 0.5) is 0 Å². The summed E-state index contributed by atoms with van der Waals surface area (Å²) in [4.78, 5) is 28.3. The van der Waals surface area contributed by atoms with Crippen molar-refractivity contribution in [1.82, 2.24) is 10.2 Å². The van der Waals surface area contributed by atoms with Gasteiger partial charge in [0.25, 0.3) is 5.91 Å². The number of esters is 1. The van der Waals surface area contributed by atoms with Crippen molar-refractivity contribution in [2.24, 2.45) is 11.8 Å². The zero-order chi connectivity index (χ0) is 26.3. The van der Waals surface area contributed by atoms with Gasteiger partial charge < -0.3 is 20.1 Å². The summed E-state index contributed by atoms with van der Waals surface area (Å²) in [5.74, 6) is 0.712. The van der Waals surface area contributed by atoms with Crippen molar-refractivity contribution in [3.05, 3.63) is 77.9 Å². The number of rotatable bonds is 6. The number of hydrogen-bond donors (Lipinski definition) is 2. The number of nitrogens with zero attached hydrogens (tertiary/aromatic N) is 1. The van der Waals surface area contributed by atoms with E-state index in [2.05, 4.69) is 16.3 Å². The minimum absolute atomic E-state index is 0.0921. The van der Waals surface area contributed by atoms with E-state index in [0.29, 0.717) is 12.0 Å². The Hall–Kier alpha value is -3.38. The summed E-state index contributed by atoms with van der Waals surface area (Å²) in [6.07, 6.45) is 4.52. The lowest BCUT2D eigenvalue weighted by atomic mass is 9.57. The van der Waals surface area contributed by atoms with Crippen LogP contribution in [0.2, 0.25) is 0 Å². The van der Waals surface area contributed by atoms with Crippen LogP contribution in [0.15, 0.2) is 66.7 Å². The van der Waals surface area contributed by atoms with Crippen LogP contribution in [0.5, 0.6) is 5.75 Å². The number of piperidine rings is 1. The zero-order valence-electron chi connectivity index (χ0n) is 21.9. The third-order valence-electron chi connectivity index (χ3n) is 8.91. The first kappa shape index (κ1) is 24.9. The van der Waals surface area contributed by atoms with E-state index < -0.39 is 0 Å². The van der Waals surface area contributed by atoms with Crippen molar-refractivity contribution in [2.45, 2.75) is 56.6 Å². The molecule has 1 amide bonds. The number of fused-ring (bicyclic) bond motifs is 2. The smallest absolute Gasteiger partial charge is 0.302 e. The highest BCUT2D eigenvalue weighted by Crippen LogP contribution is 2.51. The summed E-state index contributed by atoms with van der Waals surface area (Å²) in [6, 6.07) is 21.2. The minimum atomic E-state index is -0.312. The molecule has 1 unspecified atom stereocenters. The van der Waals surface area contributed by atoms with Crippen molar-refractivity contribution < 1.29 is 19.4 Å². The third kappa shape index (κ3) is 5.02. The highest BCUT2D eigenvalue weighted by molar-refractivity contribution is 5.98. The van der Waals surface area contributed by atoms with Gasteiger partial charge in [0, 0.05) is 49.4 Å². The molecule has 3 aromatic rings. The fourth-order valence-corrected chi connectivity index (χ4v) is 6.96. The molecule has 0 aromatic heterocycles. The number of ether oxygens (including phenoxy) is 1. The molecule has 198 valence electrons. The second-order valence-electron chi connectivity index (χ2n) is 11.6. The van der Waals surface area contributed by atoms with E-state index in [1.807, 2.05) is 54.6 Å². The highest BCUT2D eigenvalue weighted by Gasteiger charge is 2.54. The van der Waals surface area contributed by atoms with Crippen LogP contribution in [0.3, 0.4) is 0 Å². The average molecular weight is 513 g/mol. The first-order chi connectivity index (χ1) is 18.4. The molecule has 1 saturated heterocycles. The van der Waals surface area contributed by atoms with E-state index in [-0.39, 0.29) is 41.1 Å². The van der Waals surface area contributed by atoms with Crippen molar-refractivity contribution in [3.8, 4) is 5.75 Å². The first-order valence-electron chi connectivity index (χ1n) is 13.9. The van der Waals surface area contributed by atoms with Gasteiger partial charge in [-0.2, -0.15) is 0 Å². The maximum absolute atomic E-state index is 13.5. The van der Waals surface area contributed by atoms with Crippen molar-refractivity contribution in [1.29, 1.82) is 0 Å². The van der Waals surface area contributed by atoms with Crippen molar-refractivity contribution in [3.63, 3.8) is 0 Å². The number of nitrogens with one attached hydrogen (secondary N) is 1. The first-order valence-corrected chi connectivity index (χ1v) is 13.9. The van der Waals surface area contributed by atoms with Gasteiger partial charge in [-0.1, -0.05) is 42.5 Å². The molecule has 3 aliphatic rings. The second kappa shape index (κ2) is 10.1. The Morgan fingerprint density at radius 1 is 1.05 bits per heavy atom. The maximum Gasteiger partial charge on any atom is 0.302 e. The van der Waals surface area contributed by atoms with Crippen LogP contribution >= 0.6 is 0 Å². The Kier molecular flexibility index (Phi) is 6.60. The molecule has 38 heavy (non-hydrogen) atoms. The summed E-state index contributed by atoms with van der Waals surface area (Å²) in [6.45, 7) is 4.38. The van der Waals surface area contributed by atoms with E-state index in [0.717, 1.165) is 54.7 Å². The molecule has 2 saturated carbocycles. The lowest BCUT2D eigenvalue weighted by Crippen LogP contribution is -2.61. The second-order valence-corrected chi connectivity index (χ2v) is 11.6. The van der Waals surface area contributed by atoms with Gasteiger partial charge in [-0.25, -0.2) is 0 Å². The minimum Gasteiger partial charge on any atom is -0.508 e. The normalized spacial score (nSPS) is 27.4. The summed E-state index contributed by atoms with van der Waals surface area (Å²) in [5.41, 5.74) is 1.38. The zero-order valence-corrected chi connectivity index (χ0v) is 21.9. The number of carbonyl (C=O) groups excluding carboxylic acids is 2. The van der Waals surface area contributed by atoms with E-state index in [1.165, 1.54) is 19.8 Å². The number of benzene rings is 3. The van der Waals surface area contributed by atoms with Gasteiger partial charge in [-0.15, -0.1) is 0 Å². The van der Waals surface area contributed by atoms with Crippen LogP contribution in [-0.4, -0.2) is 53.7 Å². The van der Waals surface area contributed by atoms with Crippen molar-refractivity contribution >= 4 is 22.6 Å². The van der Waals surface area contributed by atoms with E-state index in [9.17, 15) is 14.7 Å². The summed E-state index contributed by atoms with van der Waals surface area (Å²) in [7, 11) is 0. The maximum atomic E-state index is 13.5. The Morgan fingerprint density at radius 3 is 2.63 bits per heavy atom. The number of aromatic hydroxyl groups is 1. The van der Waals surface area contributed by atoms with Gasteiger partial charge in [0.1, 0.15) is 11.9 Å². The molecular weight excluding hydrogens is 476 g/mol. The Morgan fingerprint density at radius 2 is 1.87 bits per heavy atom. The number of amides is 1. The standard InChI is InChI=1S/C32H36N2O4/c1-21(35)38-30-17-27(33-31(37)25-12-11-23-5-2-3-6-24(23)15-25)18-32(26-7-4-8-28(36)16-26)13-14-34(20-29(30)32)19-22-9-10-22/h2-8,11-12,15-16,22,27,29-30,36H,9-10,13-14,17-20H2,1H3,(H,33,37)/t27-,29+,30?,32+/m1/s1. The van der Waals surface area contributed by atoms with Crippen LogP contribution in [0.25, 0.3) is 10.8 Å². The third-order valence-corrected chi connectivity index (χ3v) is 8.91. The predicted molar refractivity (Wildman–Crippen MR) is 147 cm³/mol. The molecule has 1 aliphatic heterocycles. The molecule has 0 spiro atoms. The molecule has 2 N–H and O–H groups in total. The topological polar surface area (TPSA) is 78.9 Å². The molecule has 3 aromatic carbocycles. The lowest BCUT2D eigenvalue weighted by Gasteiger charge is -2.55. The van der Waals surface area contributed by atoms with Gasteiger partial charge in [0.15, 0.2) is 0 Å². The van der Waals surface area contributed by atoms with Crippen LogP contribution in [0, 0.1) is 11.8 Å². The number of likely N-dealkylation sites (tertiary alicyclic amines) is 1. The van der Waals surface area contributed by atoms with Crippen LogP contribution < -0.4 is 5.32 Å². The van der Waals surface area contributed by atoms with Crippen LogP contribution in [0.1, 0.15) is 54.9 Å². The van der Waals surface area contributed by atoms with Crippen molar-refractivity contribution in [2.75, 3.05) is 19.6 Å². The number of hydrogen-bond acceptors (Lipinski definition) is 5. The predicted octanol–water partition coefficient (Wildman–Crippen LogP) is 5.04. The molecule has 0 radical (unpaired) electrons. The molecule has 6 nitrogen and oxygen atoms in total. The van der Waals surface area contributed by atoms with E-state index in [1.54, 1.807) is 6.07 Å². The fourth-order valence-electron chi connectivity index (χ4n) is 6.96. The molecule has 3 fully saturated rings. The van der Waals surface area contributed by atoms with Gasteiger partial charge in [0.2, 0.25) is 0 Å². The van der Waals surface area contributed by atoms with Gasteiger partial charge in [-0.05, 0) is 78.7 Å². The lowest BCUT2D eigenvalue weighted by molar-refractivity contribution is -0.157. The molecule has 0 bridgehead atoms. The molecule has 4 atom stereocenters. The summed E-state index contributed by atoms with van der Waals surface area (Å²) >= 11 is 0.